The Bertz CT molecular complexity index is 378. The molecular formula is C13H16BrF2N. The molecule has 1 aliphatic heterocycles. The van der Waals surface area contributed by atoms with Crippen molar-refractivity contribution >= 4 is 15.9 Å². The van der Waals surface area contributed by atoms with Crippen molar-refractivity contribution in [2.75, 3.05) is 6.54 Å². The highest BCUT2D eigenvalue weighted by molar-refractivity contribution is 9.10. The molecule has 0 spiro atoms. The van der Waals surface area contributed by atoms with Crippen LogP contribution in [0.15, 0.2) is 22.7 Å². The molecule has 1 aromatic rings. The quantitative estimate of drug-likeness (QED) is 0.899. The molecule has 1 fully saturated rings. The third-order valence-electron chi connectivity index (χ3n) is 3.23. The first-order valence-corrected chi connectivity index (χ1v) is 6.78. The average Bonchev–Trinajstić information content (AvgIpc) is 2.36. The van der Waals surface area contributed by atoms with E-state index in [-0.39, 0.29) is 18.3 Å². The van der Waals surface area contributed by atoms with Gasteiger partial charge in [0.2, 0.25) is 0 Å². The van der Waals surface area contributed by atoms with Gasteiger partial charge in [-0.3, -0.25) is 0 Å². The Morgan fingerprint density at radius 1 is 1.41 bits per heavy atom. The van der Waals surface area contributed by atoms with Crippen LogP contribution in [0.5, 0.6) is 0 Å². The summed E-state index contributed by atoms with van der Waals surface area (Å²) in [5.41, 5.74) is 0.699. The molecule has 0 aromatic heterocycles. The first-order chi connectivity index (χ1) is 8.18. The van der Waals surface area contributed by atoms with Crippen LogP contribution >= 0.6 is 15.9 Å². The van der Waals surface area contributed by atoms with E-state index < -0.39 is 6.17 Å². The molecule has 0 aliphatic carbocycles. The van der Waals surface area contributed by atoms with Crippen LogP contribution in [0.3, 0.4) is 0 Å². The number of piperidine rings is 1. The van der Waals surface area contributed by atoms with Crippen LogP contribution in [0.1, 0.15) is 24.8 Å². The van der Waals surface area contributed by atoms with Crippen LogP contribution in [0.4, 0.5) is 8.78 Å². The van der Waals surface area contributed by atoms with Gasteiger partial charge in [-0.2, -0.15) is 0 Å². The Labute approximate surface area is 109 Å². The van der Waals surface area contributed by atoms with Gasteiger partial charge in [0.25, 0.3) is 0 Å². The first kappa shape index (κ1) is 13.0. The van der Waals surface area contributed by atoms with Gasteiger partial charge in [0, 0.05) is 12.5 Å². The van der Waals surface area contributed by atoms with Gasteiger partial charge in [-0.1, -0.05) is 18.6 Å². The zero-order chi connectivity index (χ0) is 12.3. The number of nitrogens with one attached hydrogen (secondary N) is 1. The second kappa shape index (κ2) is 5.91. The molecule has 1 aromatic carbocycles. The third kappa shape index (κ3) is 3.26. The van der Waals surface area contributed by atoms with E-state index in [0.717, 1.165) is 25.8 Å². The molecule has 17 heavy (non-hydrogen) atoms. The molecule has 1 heterocycles. The van der Waals surface area contributed by atoms with E-state index in [2.05, 4.69) is 21.2 Å². The molecule has 0 amide bonds. The first-order valence-electron chi connectivity index (χ1n) is 5.99. The molecule has 0 radical (unpaired) electrons. The number of rotatable bonds is 3. The fourth-order valence-electron chi connectivity index (χ4n) is 2.25. The molecule has 0 saturated carbocycles. The monoisotopic (exact) mass is 303 g/mol. The van der Waals surface area contributed by atoms with Crippen LogP contribution < -0.4 is 5.32 Å². The fraction of sp³-hybridized carbons (Fsp3) is 0.538. The summed E-state index contributed by atoms with van der Waals surface area (Å²) in [7, 11) is 0. The Hall–Kier alpha value is -0.480. The minimum absolute atomic E-state index is 0.0843. The summed E-state index contributed by atoms with van der Waals surface area (Å²) < 4.78 is 27.8. The van der Waals surface area contributed by atoms with Crippen molar-refractivity contribution in [3.05, 3.63) is 34.1 Å². The molecule has 2 atom stereocenters. The molecule has 1 nitrogen and oxygen atoms in total. The fourth-order valence-corrected chi connectivity index (χ4v) is 2.67. The van der Waals surface area contributed by atoms with Crippen molar-refractivity contribution < 1.29 is 8.78 Å². The summed E-state index contributed by atoms with van der Waals surface area (Å²) in [5, 5.41) is 3.19. The largest absolute Gasteiger partial charge is 0.311 e. The normalized spacial score (nSPS) is 22.4. The van der Waals surface area contributed by atoms with Crippen LogP contribution in [-0.4, -0.2) is 18.8 Å². The highest BCUT2D eigenvalue weighted by Crippen LogP contribution is 2.24. The van der Waals surface area contributed by atoms with Crippen molar-refractivity contribution in [3.63, 3.8) is 0 Å². The van der Waals surface area contributed by atoms with Crippen LogP contribution in [0.2, 0.25) is 0 Å². The molecule has 1 N–H and O–H groups in total. The number of halogens is 3. The van der Waals surface area contributed by atoms with Gasteiger partial charge in [0.1, 0.15) is 12.0 Å². The summed E-state index contributed by atoms with van der Waals surface area (Å²) >= 11 is 3.17. The van der Waals surface area contributed by atoms with Gasteiger partial charge in [0.05, 0.1) is 4.47 Å². The van der Waals surface area contributed by atoms with E-state index in [0.29, 0.717) is 10.0 Å². The van der Waals surface area contributed by atoms with Crippen molar-refractivity contribution in [2.24, 2.45) is 0 Å². The van der Waals surface area contributed by atoms with E-state index in [4.69, 9.17) is 0 Å². The maximum atomic E-state index is 14.1. The number of benzene rings is 1. The molecule has 4 heteroatoms. The smallest absolute Gasteiger partial charge is 0.137 e. The lowest BCUT2D eigenvalue weighted by atomic mass is 9.96. The number of hydrogen-bond donors (Lipinski definition) is 1. The summed E-state index contributed by atoms with van der Waals surface area (Å²) in [6, 6.07) is 4.68. The molecule has 2 rings (SSSR count). The molecule has 94 valence electrons. The second-order valence-electron chi connectivity index (χ2n) is 4.49. The SMILES string of the molecule is Fc1cccc(CC(F)C2CCCCN2)c1Br. The summed E-state index contributed by atoms with van der Waals surface area (Å²) in [6.07, 6.45) is 2.37. The van der Waals surface area contributed by atoms with E-state index >= 15 is 0 Å². The molecule has 0 bridgehead atoms. The lowest BCUT2D eigenvalue weighted by Gasteiger charge is -2.26. The topological polar surface area (TPSA) is 12.0 Å². The zero-order valence-electron chi connectivity index (χ0n) is 9.56. The maximum Gasteiger partial charge on any atom is 0.137 e. The van der Waals surface area contributed by atoms with Crippen molar-refractivity contribution in [2.45, 2.75) is 37.9 Å². The molecule has 1 saturated heterocycles. The minimum Gasteiger partial charge on any atom is -0.311 e. The lowest BCUT2D eigenvalue weighted by molar-refractivity contribution is 0.216. The van der Waals surface area contributed by atoms with Gasteiger partial charge in [-0.15, -0.1) is 0 Å². The summed E-state index contributed by atoms with van der Waals surface area (Å²) in [6.45, 7) is 0.884. The lowest BCUT2D eigenvalue weighted by Crippen LogP contribution is -2.42. The third-order valence-corrected chi connectivity index (χ3v) is 4.12. The van der Waals surface area contributed by atoms with Crippen molar-refractivity contribution in [3.8, 4) is 0 Å². The van der Waals surface area contributed by atoms with E-state index in [1.165, 1.54) is 6.07 Å². The zero-order valence-corrected chi connectivity index (χ0v) is 11.1. The number of alkyl halides is 1. The van der Waals surface area contributed by atoms with Gasteiger partial charge < -0.3 is 5.32 Å². The van der Waals surface area contributed by atoms with Crippen molar-refractivity contribution in [1.29, 1.82) is 0 Å². The molecule has 2 unspecified atom stereocenters. The minimum atomic E-state index is -0.951. The average molecular weight is 304 g/mol. The Balaban J connectivity index is 2.01. The predicted molar refractivity (Wildman–Crippen MR) is 68.3 cm³/mol. The molecular weight excluding hydrogens is 288 g/mol. The van der Waals surface area contributed by atoms with Crippen LogP contribution in [0.25, 0.3) is 0 Å². The van der Waals surface area contributed by atoms with E-state index in [1.807, 2.05) is 0 Å². The van der Waals surface area contributed by atoms with Gasteiger partial charge in [0.15, 0.2) is 0 Å². The Morgan fingerprint density at radius 2 is 2.24 bits per heavy atom. The second-order valence-corrected chi connectivity index (χ2v) is 5.28. The summed E-state index contributed by atoms with van der Waals surface area (Å²) in [4.78, 5) is 0. The van der Waals surface area contributed by atoms with Gasteiger partial charge >= 0.3 is 0 Å². The molecule has 1 aliphatic rings. The standard InChI is InChI=1S/C13H16BrF2N/c14-13-9(4-3-5-10(13)15)8-11(16)12-6-1-2-7-17-12/h3-5,11-12,17H,1-2,6-8H2. The summed E-state index contributed by atoms with van der Waals surface area (Å²) in [5.74, 6) is -0.327. The predicted octanol–water partition coefficient (Wildman–Crippen LogP) is 3.61. The van der Waals surface area contributed by atoms with Gasteiger partial charge in [-0.05, 0) is 46.9 Å². The van der Waals surface area contributed by atoms with Gasteiger partial charge in [-0.25, -0.2) is 8.78 Å². The maximum absolute atomic E-state index is 14.1. The van der Waals surface area contributed by atoms with E-state index in [1.54, 1.807) is 12.1 Å². The van der Waals surface area contributed by atoms with Crippen molar-refractivity contribution in [1.82, 2.24) is 5.32 Å². The Morgan fingerprint density at radius 3 is 2.94 bits per heavy atom. The number of hydrogen-bond acceptors (Lipinski definition) is 1. The van der Waals surface area contributed by atoms with Crippen LogP contribution in [0, 0.1) is 5.82 Å². The highest BCUT2D eigenvalue weighted by atomic mass is 79.9. The van der Waals surface area contributed by atoms with Crippen LogP contribution in [-0.2, 0) is 6.42 Å². The Kier molecular flexibility index (Phi) is 4.51. The highest BCUT2D eigenvalue weighted by Gasteiger charge is 2.23. The van der Waals surface area contributed by atoms with E-state index in [9.17, 15) is 8.78 Å².